The Morgan fingerprint density at radius 1 is 1.28 bits per heavy atom. The monoisotopic (exact) mass is 265 g/mol. The van der Waals surface area contributed by atoms with Crippen LogP contribution in [0.4, 0.5) is 0 Å². The van der Waals surface area contributed by atoms with E-state index in [1.165, 1.54) is 30.7 Å². The van der Waals surface area contributed by atoms with E-state index >= 15 is 0 Å². The summed E-state index contributed by atoms with van der Waals surface area (Å²) in [5.74, 6) is 2.44. The second kappa shape index (κ2) is 5.52. The van der Waals surface area contributed by atoms with Crippen LogP contribution in [-0.4, -0.2) is 10.8 Å². The first-order valence-electron chi connectivity index (χ1n) is 6.97. The molecule has 0 N–H and O–H groups in total. The highest BCUT2D eigenvalue weighted by Crippen LogP contribution is 2.40. The van der Waals surface area contributed by atoms with Gasteiger partial charge in [-0.25, -0.2) is 4.98 Å². The lowest BCUT2D eigenvalue weighted by Gasteiger charge is -2.29. The van der Waals surface area contributed by atoms with Crippen LogP contribution in [0.3, 0.4) is 0 Å². The van der Waals surface area contributed by atoms with Crippen LogP contribution in [0.15, 0.2) is 0 Å². The maximum Gasteiger partial charge on any atom is 0.171 e. The first-order chi connectivity index (χ1) is 8.49. The molecule has 0 bridgehead atoms. The number of ketones is 1. The van der Waals surface area contributed by atoms with Crippen LogP contribution in [0, 0.1) is 18.8 Å². The van der Waals surface area contributed by atoms with E-state index in [9.17, 15) is 4.79 Å². The Bertz CT molecular complexity index is 428. The van der Waals surface area contributed by atoms with Crippen LogP contribution in [0.5, 0.6) is 0 Å². The SMILES string of the molecule is CC(=O)c1sc(C2CCC(C(C)C)CC2)nc1C. The van der Waals surface area contributed by atoms with Crippen molar-refractivity contribution in [2.45, 2.75) is 59.3 Å². The molecule has 3 heteroatoms. The Labute approximate surface area is 114 Å². The molecule has 0 aromatic carbocycles. The molecule has 0 unspecified atom stereocenters. The van der Waals surface area contributed by atoms with E-state index in [1.54, 1.807) is 18.3 Å². The maximum absolute atomic E-state index is 11.5. The van der Waals surface area contributed by atoms with Gasteiger partial charge >= 0.3 is 0 Å². The quantitative estimate of drug-likeness (QED) is 0.748. The lowest BCUT2D eigenvalue weighted by Crippen LogP contribution is -2.17. The molecule has 1 fully saturated rings. The molecule has 0 amide bonds. The number of aromatic nitrogens is 1. The van der Waals surface area contributed by atoms with E-state index in [0.29, 0.717) is 5.92 Å². The molecule has 1 saturated carbocycles. The number of carbonyl (C=O) groups is 1. The topological polar surface area (TPSA) is 30.0 Å². The molecule has 100 valence electrons. The summed E-state index contributed by atoms with van der Waals surface area (Å²) in [4.78, 5) is 17.0. The van der Waals surface area contributed by atoms with E-state index in [0.717, 1.165) is 22.4 Å². The minimum Gasteiger partial charge on any atom is -0.294 e. The largest absolute Gasteiger partial charge is 0.294 e. The van der Waals surface area contributed by atoms with Gasteiger partial charge in [0.05, 0.1) is 15.6 Å². The summed E-state index contributed by atoms with van der Waals surface area (Å²) in [7, 11) is 0. The summed E-state index contributed by atoms with van der Waals surface area (Å²) in [5, 5.41) is 1.19. The average Bonchev–Trinajstić information content (AvgIpc) is 2.71. The number of rotatable bonds is 3. The minimum absolute atomic E-state index is 0.159. The normalized spacial score (nSPS) is 24.5. The van der Waals surface area contributed by atoms with Gasteiger partial charge in [0.15, 0.2) is 5.78 Å². The van der Waals surface area contributed by atoms with Gasteiger partial charge in [-0.15, -0.1) is 11.3 Å². The molecule has 0 spiro atoms. The van der Waals surface area contributed by atoms with Crippen molar-refractivity contribution >= 4 is 17.1 Å². The maximum atomic E-state index is 11.5. The van der Waals surface area contributed by atoms with Crippen molar-refractivity contribution in [3.63, 3.8) is 0 Å². The van der Waals surface area contributed by atoms with Gasteiger partial charge in [-0.05, 0) is 44.4 Å². The minimum atomic E-state index is 0.159. The van der Waals surface area contributed by atoms with E-state index in [1.807, 2.05) is 6.92 Å². The zero-order valence-electron chi connectivity index (χ0n) is 11.8. The molecule has 1 aromatic heterocycles. The van der Waals surface area contributed by atoms with Crippen molar-refractivity contribution < 1.29 is 4.79 Å². The van der Waals surface area contributed by atoms with Crippen LogP contribution in [0.25, 0.3) is 0 Å². The van der Waals surface area contributed by atoms with Crippen LogP contribution in [0.1, 0.15) is 72.7 Å². The van der Waals surface area contributed by atoms with Crippen LogP contribution >= 0.6 is 11.3 Å². The number of aryl methyl sites for hydroxylation is 1. The Kier molecular flexibility index (Phi) is 4.21. The lowest BCUT2D eigenvalue weighted by molar-refractivity contribution is 0.102. The third-order valence-electron chi connectivity index (χ3n) is 4.20. The second-order valence-electron chi connectivity index (χ2n) is 5.88. The molecule has 1 aromatic rings. The van der Waals surface area contributed by atoms with Crippen molar-refractivity contribution in [2.75, 3.05) is 0 Å². The van der Waals surface area contributed by atoms with E-state index in [-0.39, 0.29) is 5.78 Å². The number of hydrogen-bond donors (Lipinski definition) is 0. The molecule has 0 atom stereocenters. The molecule has 2 rings (SSSR count). The number of Topliss-reactive ketones (excluding diaryl/α,β-unsaturated/α-hetero) is 1. The fraction of sp³-hybridized carbons (Fsp3) is 0.733. The summed E-state index contributed by atoms with van der Waals surface area (Å²) in [5.41, 5.74) is 0.925. The highest BCUT2D eigenvalue weighted by Gasteiger charge is 2.27. The van der Waals surface area contributed by atoms with Gasteiger partial charge in [-0.2, -0.15) is 0 Å². The summed E-state index contributed by atoms with van der Waals surface area (Å²) >= 11 is 1.62. The number of nitrogens with zero attached hydrogens (tertiary/aromatic N) is 1. The third kappa shape index (κ3) is 2.82. The first kappa shape index (κ1) is 13.7. The van der Waals surface area contributed by atoms with Crippen molar-refractivity contribution in [1.82, 2.24) is 4.98 Å². The molecular weight excluding hydrogens is 242 g/mol. The van der Waals surface area contributed by atoms with Gasteiger partial charge in [-0.1, -0.05) is 13.8 Å². The summed E-state index contributed by atoms with van der Waals surface area (Å²) in [6, 6.07) is 0. The summed E-state index contributed by atoms with van der Waals surface area (Å²) < 4.78 is 0. The standard InChI is InChI=1S/C15H23NOS/c1-9(2)12-5-7-13(8-6-12)15-16-10(3)14(18-15)11(4)17/h9,12-13H,5-8H2,1-4H3. The first-order valence-corrected chi connectivity index (χ1v) is 7.79. The van der Waals surface area contributed by atoms with Crippen molar-refractivity contribution in [3.8, 4) is 0 Å². The molecule has 0 saturated heterocycles. The zero-order valence-corrected chi connectivity index (χ0v) is 12.6. The van der Waals surface area contributed by atoms with Gasteiger partial charge in [-0.3, -0.25) is 4.79 Å². The molecule has 1 aliphatic carbocycles. The predicted molar refractivity (Wildman–Crippen MR) is 76.4 cm³/mol. The molecular formula is C15H23NOS. The molecule has 18 heavy (non-hydrogen) atoms. The lowest BCUT2D eigenvalue weighted by atomic mass is 9.77. The van der Waals surface area contributed by atoms with Crippen molar-refractivity contribution in [3.05, 3.63) is 15.6 Å². The Hall–Kier alpha value is -0.700. The molecule has 0 radical (unpaired) electrons. The molecule has 0 aliphatic heterocycles. The van der Waals surface area contributed by atoms with Crippen molar-refractivity contribution in [2.24, 2.45) is 11.8 Å². The number of thiazole rings is 1. The molecule has 1 aliphatic rings. The van der Waals surface area contributed by atoms with Gasteiger partial charge in [0.25, 0.3) is 0 Å². The van der Waals surface area contributed by atoms with Gasteiger partial charge in [0, 0.05) is 12.8 Å². The fourth-order valence-electron chi connectivity index (χ4n) is 2.95. The average molecular weight is 265 g/mol. The summed E-state index contributed by atoms with van der Waals surface area (Å²) in [6.07, 6.45) is 5.12. The van der Waals surface area contributed by atoms with Crippen LogP contribution in [0.2, 0.25) is 0 Å². The van der Waals surface area contributed by atoms with Gasteiger partial charge in [0.2, 0.25) is 0 Å². The number of carbonyl (C=O) groups excluding carboxylic acids is 1. The molecule has 1 heterocycles. The predicted octanol–water partition coefficient (Wildman–Crippen LogP) is 4.58. The molecule has 2 nitrogen and oxygen atoms in total. The zero-order chi connectivity index (χ0) is 13.3. The van der Waals surface area contributed by atoms with Gasteiger partial charge < -0.3 is 0 Å². The third-order valence-corrected chi connectivity index (χ3v) is 5.62. The highest BCUT2D eigenvalue weighted by molar-refractivity contribution is 7.13. The summed E-state index contributed by atoms with van der Waals surface area (Å²) in [6.45, 7) is 8.25. The highest BCUT2D eigenvalue weighted by atomic mass is 32.1. The van der Waals surface area contributed by atoms with Crippen LogP contribution < -0.4 is 0 Å². The fourth-order valence-corrected chi connectivity index (χ4v) is 4.08. The second-order valence-corrected chi connectivity index (χ2v) is 6.91. The van der Waals surface area contributed by atoms with E-state index in [4.69, 9.17) is 0 Å². The Balaban J connectivity index is 2.06. The number of hydrogen-bond acceptors (Lipinski definition) is 3. The van der Waals surface area contributed by atoms with E-state index in [2.05, 4.69) is 18.8 Å². The van der Waals surface area contributed by atoms with Crippen LogP contribution in [-0.2, 0) is 0 Å². The smallest absolute Gasteiger partial charge is 0.171 e. The van der Waals surface area contributed by atoms with Crippen molar-refractivity contribution in [1.29, 1.82) is 0 Å². The van der Waals surface area contributed by atoms with Gasteiger partial charge in [0.1, 0.15) is 0 Å². The Morgan fingerprint density at radius 2 is 1.89 bits per heavy atom. The van der Waals surface area contributed by atoms with E-state index < -0.39 is 0 Å². The Morgan fingerprint density at radius 3 is 2.33 bits per heavy atom.